The van der Waals surface area contributed by atoms with E-state index in [-0.39, 0.29) is 18.6 Å². The van der Waals surface area contributed by atoms with Crippen LogP contribution in [-0.4, -0.2) is 74.5 Å². The number of anilines is 3. The van der Waals surface area contributed by atoms with Gasteiger partial charge in [-0.25, -0.2) is 9.78 Å². The fourth-order valence-electron chi connectivity index (χ4n) is 4.35. The number of fused-ring (bicyclic) bond motifs is 2. The van der Waals surface area contributed by atoms with Gasteiger partial charge >= 0.3 is 6.09 Å². The van der Waals surface area contributed by atoms with E-state index in [0.717, 1.165) is 37.0 Å². The van der Waals surface area contributed by atoms with E-state index in [1.165, 1.54) is 10.5 Å². The zero-order valence-corrected chi connectivity index (χ0v) is 19.0. The maximum Gasteiger partial charge on any atom is 0.416 e. The lowest BCUT2D eigenvalue weighted by Crippen LogP contribution is -2.44. The lowest BCUT2D eigenvalue weighted by Gasteiger charge is -2.36. The summed E-state index contributed by atoms with van der Waals surface area (Å²) in [5.41, 5.74) is 2.32. The highest BCUT2D eigenvalue weighted by Gasteiger charge is 2.34. The Morgan fingerprint density at radius 2 is 2.15 bits per heavy atom. The van der Waals surface area contributed by atoms with Gasteiger partial charge in [-0.1, -0.05) is 23.7 Å². The first-order chi connectivity index (χ1) is 16.0. The van der Waals surface area contributed by atoms with Crippen LogP contribution in [0.4, 0.5) is 22.1 Å². The van der Waals surface area contributed by atoms with Crippen molar-refractivity contribution in [3.8, 4) is 5.75 Å². The van der Waals surface area contributed by atoms with Crippen molar-refractivity contribution >= 4 is 40.9 Å². The molecule has 4 heterocycles. The highest BCUT2D eigenvalue weighted by atomic mass is 35.5. The number of hydrogen-bond acceptors (Lipinski definition) is 8. The Hall–Kier alpha value is -3.08. The molecule has 0 unspecified atom stereocenters. The standard InChI is InChI=1S/C22H25ClN6O4/c1-27-13-28(10-14-3-2-4-16(23)20(14)27)8-7-24-9-15-11-29(22(31)33-15)18-6-5-17-21(25-18)26-19(30)12-32-17/h2-6,15,24H,7-13H2,1H3,(H,25,26,30)/t15-/m0/s1. The van der Waals surface area contributed by atoms with Crippen molar-refractivity contribution in [2.45, 2.75) is 12.6 Å². The summed E-state index contributed by atoms with van der Waals surface area (Å²) in [5.74, 6) is 0.940. The van der Waals surface area contributed by atoms with E-state index in [1.54, 1.807) is 12.1 Å². The smallest absolute Gasteiger partial charge is 0.416 e. The van der Waals surface area contributed by atoms with Gasteiger partial charge in [0.05, 0.1) is 23.9 Å². The van der Waals surface area contributed by atoms with Gasteiger partial charge in [0.25, 0.3) is 5.91 Å². The Morgan fingerprint density at radius 3 is 3.03 bits per heavy atom. The molecule has 1 aromatic carbocycles. The van der Waals surface area contributed by atoms with E-state index in [4.69, 9.17) is 21.1 Å². The van der Waals surface area contributed by atoms with E-state index >= 15 is 0 Å². The van der Waals surface area contributed by atoms with E-state index < -0.39 is 6.09 Å². The number of carbonyl (C=O) groups is 2. The second kappa shape index (κ2) is 9.05. The van der Waals surface area contributed by atoms with Crippen LogP contribution in [0.3, 0.4) is 0 Å². The average Bonchev–Trinajstić information content (AvgIpc) is 3.16. The molecule has 33 heavy (non-hydrogen) atoms. The largest absolute Gasteiger partial charge is 0.480 e. The number of nitrogens with one attached hydrogen (secondary N) is 2. The summed E-state index contributed by atoms with van der Waals surface area (Å²) < 4.78 is 10.8. The number of carbonyl (C=O) groups excluding carboxylic acids is 2. The number of halogens is 1. The van der Waals surface area contributed by atoms with Crippen LogP contribution >= 0.6 is 11.6 Å². The van der Waals surface area contributed by atoms with Crippen LogP contribution in [0.15, 0.2) is 30.3 Å². The molecule has 3 aliphatic heterocycles. The van der Waals surface area contributed by atoms with Crippen molar-refractivity contribution in [2.24, 2.45) is 0 Å². The zero-order chi connectivity index (χ0) is 22.9. The molecule has 1 aromatic heterocycles. The predicted octanol–water partition coefficient (Wildman–Crippen LogP) is 1.89. The van der Waals surface area contributed by atoms with Crippen molar-refractivity contribution in [2.75, 3.05) is 61.6 Å². The Morgan fingerprint density at radius 1 is 1.27 bits per heavy atom. The maximum absolute atomic E-state index is 12.4. The second-order valence-corrected chi connectivity index (χ2v) is 8.72. The van der Waals surface area contributed by atoms with Crippen LogP contribution in [0.5, 0.6) is 5.75 Å². The van der Waals surface area contributed by atoms with Crippen LogP contribution in [-0.2, 0) is 16.1 Å². The van der Waals surface area contributed by atoms with E-state index in [1.807, 2.05) is 19.2 Å². The Labute approximate surface area is 196 Å². The fraction of sp³-hybridized carbons (Fsp3) is 0.409. The van der Waals surface area contributed by atoms with Crippen molar-refractivity contribution in [1.29, 1.82) is 0 Å². The molecule has 1 fully saturated rings. The number of benzene rings is 1. The van der Waals surface area contributed by atoms with Gasteiger partial charge in [-0.15, -0.1) is 0 Å². The second-order valence-electron chi connectivity index (χ2n) is 8.31. The van der Waals surface area contributed by atoms with Crippen LogP contribution in [0, 0.1) is 0 Å². The number of aromatic nitrogens is 1. The van der Waals surface area contributed by atoms with Gasteiger partial charge in [0.2, 0.25) is 0 Å². The molecule has 0 bridgehead atoms. The lowest BCUT2D eigenvalue weighted by atomic mass is 10.1. The molecular weight excluding hydrogens is 448 g/mol. The van der Waals surface area contributed by atoms with Gasteiger partial charge in [-0.2, -0.15) is 0 Å². The average molecular weight is 473 g/mol. The van der Waals surface area contributed by atoms with Crippen LogP contribution in [0.25, 0.3) is 0 Å². The topological polar surface area (TPSA) is 99.3 Å². The molecule has 0 saturated carbocycles. The SMILES string of the molecule is CN1CN(CCNC[C@H]2CN(c3ccc4c(n3)NC(=O)CO4)C(=O)O2)Cc2cccc(Cl)c21. The fourth-order valence-corrected chi connectivity index (χ4v) is 4.68. The molecule has 174 valence electrons. The number of pyridine rings is 1. The summed E-state index contributed by atoms with van der Waals surface area (Å²) in [6.07, 6.45) is -0.742. The van der Waals surface area contributed by atoms with Gasteiger partial charge < -0.3 is 25.0 Å². The summed E-state index contributed by atoms with van der Waals surface area (Å²) in [6, 6.07) is 9.39. The van der Waals surface area contributed by atoms with Crippen molar-refractivity contribution < 1.29 is 19.1 Å². The van der Waals surface area contributed by atoms with E-state index in [2.05, 4.69) is 31.5 Å². The number of hydrogen-bond donors (Lipinski definition) is 2. The molecule has 2 amide bonds. The van der Waals surface area contributed by atoms with Gasteiger partial charge in [0, 0.05) is 33.2 Å². The summed E-state index contributed by atoms with van der Waals surface area (Å²) in [5, 5.41) is 6.82. The van der Waals surface area contributed by atoms with E-state index in [9.17, 15) is 9.59 Å². The maximum atomic E-state index is 12.4. The number of cyclic esters (lactones) is 1. The Kier molecular flexibility index (Phi) is 5.96. The summed E-state index contributed by atoms with van der Waals surface area (Å²) in [4.78, 5) is 34.2. The molecule has 5 rings (SSSR count). The summed E-state index contributed by atoms with van der Waals surface area (Å²) in [6.45, 7) is 4.14. The molecule has 0 radical (unpaired) electrons. The minimum absolute atomic E-state index is 0.0402. The van der Waals surface area contributed by atoms with Crippen molar-refractivity contribution in [1.82, 2.24) is 15.2 Å². The summed E-state index contributed by atoms with van der Waals surface area (Å²) in [7, 11) is 2.04. The minimum atomic E-state index is -0.455. The van der Waals surface area contributed by atoms with Crippen LogP contribution in [0.1, 0.15) is 5.56 Å². The van der Waals surface area contributed by atoms with Gasteiger partial charge in [-0.05, 0) is 23.8 Å². The molecule has 0 spiro atoms. The molecule has 2 aromatic rings. The molecule has 0 aliphatic carbocycles. The van der Waals surface area contributed by atoms with Crippen LogP contribution in [0.2, 0.25) is 5.02 Å². The molecule has 2 N–H and O–H groups in total. The third kappa shape index (κ3) is 4.54. The molecular formula is C22H25ClN6O4. The first-order valence-corrected chi connectivity index (χ1v) is 11.2. The highest BCUT2D eigenvalue weighted by molar-refractivity contribution is 6.33. The first-order valence-electron chi connectivity index (χ1n) is 10.8. The van der Waals surface area contributed by atoms with Crippen molar-refractivity contribution in [3.05, 3.63) is 40.9 Å². The third-order valence-corrected chi connectivity index (χ3v) is 6.15. The normalized spacial score (nSPS) is 20.1. The molecule has 1 atom stereocenters. The molecule has 11 heteroatoms. The minimum Gasteiger partial charge on any atom is -0.480 e. The van der Waals surface area contributed by atoms with Crippen molar-refractivity contribution in [3.63, 3.8) is 0 Å². The molecule has 10 nitrogen and oxygen atoms in total. The zero-order valence-electron chi connectivity index (χ0n) is 18.2. The van der Waals surface area contributed by atoms with Gasteiger partial charge in [0.1, 0.15) is 11.9 Å². The molecule has 3 aliphatic rings. The van der Waals surface area contributed by atoms with Gasteiger partial charge in [0.15, 0.2) is 18.2 Å². The number of ether oxygens (including phenoxy) is 2. The Bertz CT molecular complexity index is 1080. The summed E-state index contributed by atoms with van der Waals surface area (Å²) >= 11 is 6.35. The van der Waals surface area contributed by atoms with E-state index in [0.29, 0.717) is 30.5 Å². The van der Waals surface area contributed by atoms with Crippen LogP contribution < -0.4 is 25.2 Å². The number of para-hydroxylation sites is 1. The van der Waals surface area contributed by atoms with Gasteiger partial charge in [-0.3, -0.25) is 14.6 Å². The first kappa shape index (κ1) is 21.7. The lowest BCUT2D eigenvalue weighted by molar-refractivity contribution is -0.118. The number of rotatable bonds is 6. The predicted molar refractivity (Wildman–Crippen MR) is 124 cm³/mol. The Balaban J connectivity index is 1.11. The monoisotopic (exact) mass is 472 g/mol. The number of amides is 2. The third-order valence-electron chi connectivity index (χ3n) is 5.85. The highest BCUT2D eigenvalue weighted by Crippen LogP contribution is 2.33. The molecule has 1 saturated heterocycles. The quantitative estimate of drug-likeness (QED) is 0.615. The number of nitrogens with zero attached hydrogens (tertiary/aromatic N) is 4.